The van der Waals surface area contributed by atoms with Gasteiger partial charge in [0.15, 0.2) is 11.6 Å². The normalized spacial score (nSPS) is 21.8. The molecule has 0 bridgehead atoms. The Bertz CT molecular complexity index is 1520. The van der Waals surface area contributed by atoms with Crippen LogP contribution < -0.4 is 31.9 Å². The fraction of sp³-hybridized carbons (Fsp3) is 0.444. The van der Waals surface area contributed by atoms with E-state index in [1.807, 2.05) is 6.07 Å². The number of ether oxygens (including phenoxy) is 1. The standard InChI is InChI=1S/C27H32ClN11O3S/c1-15-22(32-12-16-2-3-18(37-36-16)39-9-5-20(40)35-26(39)41)27(14-42-15)6-10-38(11-7-27)19-13-33-25(24(30)34-19)43-17-4-8-31-23(29)21(17)28/h2-4,8,13,15,22,32H,5-7,9-12,14H2,1H3,(H2,29,31)(H2,30,34)(H,35,40,41)/t15-,22+/m0/s1. The Labute approximate surface area is 257 Å². The monoisotopic (exact) mass is 625 g/mol. The molecule has 0 aliphatic carbocycles. The van der Waals surface area contributed by atoms with E-state index in [4.69, 9.17) is 27.8 Å². The van der Waals surface area contributed by atoms with Crippen molar-refractivity contribution in [1.82, 2.24) is 35.8 Å². The van der Waals surface area contributed by atoms with Crippen LogP contribution in [0, 0.1) is 5.41 Å². The van der Waals surface area contributed by atoms with Gasteiger partial charge in [-0.3, -0.25) is 15.0 Å². The van der Waals surface area contributed by atoms with Crippen LogP contribution >= 0.6 is 23.4 Å². The van der Waals surface area contributed by atoms with Gasteiger partial charge in [-0.25, -0.2) is 19.7 Å². The number of urea groups is 1. The van der Waals surface area contributed by atoms with Crippen LogP contribution in [0.3, 0.4) is 0 Å². The fourth-order valence-corrected chi connectivity index (χ4v) is 6.84. The number of pyridine rings is 1. The number of nitrogens with two attached hydrogens (primary N) is 2. The molecule has 0 unspecified atom stereocenters. The maximum absolute atomic E-state index is 12.1. The molecule has 3 aromatic heterocycles. The van der Waals surface area contributed by atoms with E-state index in [1.54, 1.807) is 24.5 Å². The molecule has 3 aliphatic heterocycles. The summed E-state index contributed by atoms with van der Waals surface area (Å²) >= 11 is 7.58. The molecule has 0 saturated carbocycles. The number of nitrogen functional groups attached to an aromatic ring is 2. The Morgan fingerprint density at radius 2 is 1.93 bits per heavy atom. The molecule has 6 N–H and O–H groups in total. The highest BCUT2D eigenvalue weighted by atomic mass is 35.5. The molecule has 3 aromatic rings. The minimum atomic E-state index is -0.481. The van der Waals surface area contributed by atoms with E-state index in [0.29, 0.717) is 39.7 Å². The molecule has 3 fully saturated rings. The summed E-state index contributed by atoms with van der Waals surface area (Å²) in [6.45, 7) is 5.13. The summed E-state index contributed by atoms with van der Waals surface area (Å²) in [5, 5.41) is 15.4. The van der Waals surface area contributed by atoms with Crippen molar-refractivity contribution >= 4 is 58.6 Å². The molecule has 14 nitrogen and oxygen atoms in total. The summed E-state index contributed by atoms with van der Waals surface area (Å²) in [6, 6.07) is 5.00. The van der Waals surface area contributed by atoms with Gasteiger partial charge in [0, 0.05) is 55.1 Å². The van der Waals surface area contributed by atoms with Gasteiger partial charge < -0.3 is 26.4 Å². The number of piperidine rings is 1. The first-order valence-corrected chi connectivity index (χ1v) is 15.2. The summed E-state index contributed by atoms with van der Waals surface area (Å²) in [5.74, 6) is 1.44. The Balaban J connectivity index is 1.06. The molecular weight excluding hydrogens is 594 g/mol. The minimum Gasteiger partial charge on any atom is -0.382 e. The maximum Gasteiger partial charge on any atom is 0.329 e. The van der Waals surface area contributed by atoms with Gasteiger partial charge in [-0.05, 0) is 38.0 Å². The van der Waals surface area contributed by atoms with Gasteiger partial charge in [0.05, 0.1) is 29.6 Å². The van der Waals surface area contributed by atoms with E-state index in [0.717, 1.165) is 37.4 Å². The summed E-state index contributed by atoms with van der Waals surface area (Å²) in [4.78, 5) is 41.1. The van der Waals surface area contributed by atoms with Crippen molar-refractivity contribution in [2.45, 2.75) is 54.8 Å². The van der Waals surface area contributed by atoms with Crippen LogP contribution in [-0.2, 0) is 16.1 Å². The lowest BCUT2D eigenvalue weighted by Gasteiger charge is -2.43. The number of rotatable bonds is 7. The van der Waals surface area contributed by atoms with Crippen LogP contribution in [0.4, 0.5) is 28.1 Å². The second kappa shape index (κ2) is 12.1. The average Bonchev–Trinajstić information content (AvgIpc) is 3.30. The van der Waals surface area contributed by atoms with Gasteiger partial charge in [-0.2, -0.15) is 5.10 Å². The predicted octanol–water partition coefficient (Wildman–Crippen LogP) is 2.24. The quantitative estimate of drug-likeness (QED) is 0.299. The molecule has 0 radical (unpaired) electrons. The molecule has 16 heteroatoms. The lowest BCUT2D eigenvalue weighted by molar-refractivity contribution is -0.120. The van der Waals surface area contributed by atoms with Gasteiger partial charge in [-0.15, -0.1) is 5.10 Å². The van der Waals surface area contributed by atoms with Crippen molar-refractivity contribution in [3.63, 3.8) is 0 Å². The summed E-state index contributed by atoms with van der Waals surface area (Å²) in [7, 11) is 0. The number of aromatic nitrogens is 5. The van der Waals surface area contributed by atoms with Crippen LogP contribution in [0.25, 0.3) is 0 Å². The maximum atomic E-state index is 12.1. The molecular formula is C27H32ClN11O3S. The SMILES string of the molecule is C[C@@H]1OCC2(CCN(c3cnc(Sc4ccnc(N)c4Cl)c(N)n3)CC2)[C@@H]1NCc1ccc(N2CCC(=O)NC2=O)nn1. The molecule has 3 saturated heterocycles. The van der Waals surface area contributed by atoms with Crippen LogP contribution in [0.1, 0.15) is 31.9 Å². The first kappa shape index (κ1) is 29.3. The summed E-state index contributed by atoms with van der Waals surface area (Å²) in [6.07, 6.45) is 5.42. The molecule has 226 valence electrons. The zero-order chi connectivity index (χ0) is 30.1. The minimum absolute atomic E-state index is 0.0332. The van der Waals surface area contributed by atoms with Crippen molar-refractivity contribution in [2.75, 3.05) is 47.5 Å². The van der Waals surface area contributed by atoms with Crippen molar-refractivity contribution in [3.05, 3.63) is 41.3 Å². The van der Waals surface area contributed by atoms with E-state index in [1.165, 1.54) is 16.7 Å². The predicted molar refractivity (Wildman–Crippen MR) is 162 cm³/mol. The van der Waals surface area contributed by atoms with E-state index < -0.39 is 6.03 Å². The summed E-state index contributed by atoms with van der Waals surface area (Å²) < 4.78 is 6.15. The number of hydrogen-bond donors (Lipinski definition) is 4. The lowest BCUT2D eigenvalue weighted by Crippen LogP contribution is -2.52. The molecule has 3 amide bonds. The Morgan fingerprint density at radius 3 is 2.65 bits per heavy atom. The highest BCUT2D eigenvalue weighted by Crippen LogP contribution is 2.43. The number of amides is 3. The van der Waals surface area contributed by atoms with E-state index in [9.17, 15) is 9.59 Å². The Hall–Kier alpha value is -3.79. The van der Waals surface area contributed by atoms with Crippen molar-refractivity contribution < 1.29 is 14.3 Å². The number of halogens is 1. The highest BCUT2D eigenvalue weighted by Gasteiger charge is 2.49. The zero-order valence-corrected chi connectivity index (χ0v) is 25.1. The average molecular weight is 626 g/mol. The molecule has 0 aromatic carbocycles. The summed E-state index contributed by atoms with van der Waals surface area (Å²) in [5.41, 5.74) is 12.8. The molecule has 43 heavy (non-hydrogen) atoms. The van der Waals surface area contributed by atoms with Crippen LogP contribution in [0.2, 0.25) is 5.02 Å². The number of nitrogens with one attached hydrogen (secondary N) is 2. The molecule has 6 rings (SSSR count). The number of anilines is 4. The third kappa shape index (κ3) is 6.02. The second-order valence-corrected chi connectivity index (χ2v) is 12.3. The number of carbonyl (C=O) groups excluding carboxylic acids is 2. The smallest absolute Gasteiger partial charge is 0.329 e. The molecule has 6 heterocycles. The Kier molecular flexibility index (Phi) is 8.22. The topological polar surface area (TPSA) is 190 Å². The fourth-order valence-electron chi connectivity index (χ4n) is 5.83. The first-order chi connectivity index (χ1) is 20.7. The largest absolute Gasteiger partial charge is 0.382 e. The van der Waals surface area contributed by atoms with Crippen LogP contribution in [0.5, 0.6) is 0 Å². The zero-order valence-electron chi connectivity index (χ0n) is 23.5. The van der Waals surface area contributed by atoms with Gasteiger partial charge in [0.2, 0.25) is 5.91 Å². The van der Waals surface area contributed by atoms with Crippen LogP contribution in [0.15, 0.2) is 40.5 Å². The van der Waals surface area contributed by atoms with Crippen molar-refractivity contribution in [2.24, 2.45) is 5.41 Å². The van der Waals surface area contributed by atoms with E-state index in [-0.39, 0.29) is 42.3 Å². The number of imide groups is 1. The third-order valence-electron chi connectivity index (χ3n) is 8.22. The lowest BCUT2D eigenvalue weighted by atomic mass is 9.73. The first-order valence-electron chi connectivity index (χ1n) is 14.0. The number of nitrogens with zero attached hydrogens (tertiary/aromatic N) is 7. The molecule has 3 aliphatic rings. The molecule has 1 spiro atoms. The van der Waals surface area contributed by atoms with Gasteiger partial charge in [0.25, 0.3) is 0 Å². The van der Waals surface area contributed by atoms with E-state index in [2.05, 4.69) is 47.6 Å². The van der Waals surface area contributed by atoms with Gasteiger partial charge >= 0.3 is 6.03 Å². The molecule has 2 atom stereocenters. The number of carbonyl (C=O) groups is 2. The van der Waals surface area contributed by atoms with Crippen molar-refractivity contribution in [3.8, 4) is 0 Å². The third-order valence-corrected chi connectivity index (χ3v) is 9.80. The van der Waals surface area contributed by atoms with Crippen molar-refractivity contribution in [1.29, 1.82) is 0 Å². The van der Waals surface area contributed by atoms with Crippen LogP contribution in [-0.4, -0.2) is 75.5 Å². The number of hydrogen-bond acceptors (Lipinski definition) is 13. The van der Waals surface area contributed by atoms with Gasteiger partial charge in [0.1, 0.15) is 16.7 Å². The van der Waals surface area contributed by atoms with E-state index >= 15 is 0 Å². The second-order valence-electron chi connectivity index (χ2n) is 10.9. The Morgan fingerprint density at radius 1 is 1.12 bits per heavy atom. The van der Waals surface area contributed by atoms with Gasteiger partial charge in [-0.1, -0.05) is 23.4 Å². The highest BCUT2D eigenvalue weighted by molar-refractivity contribution is 7.99.